The van der Waals surface area contributed by atoms with Crippen LogP contribution >= 0.6 is 0 Å². The summed E-state index contributed by atoms with van der Waals surface area (Å²) in [6, 6.07) is 22.6. The second-order valence-electron chi connectivity index (χ2n) is 7.13. The highest BCUT2D eigenvalue weighted by atomic mass is 16.5. The van der Waals surface area contributed by atoms with Crippen molar-refractivity contribution in [2.45, 2.75) is 19.8 Å². The van der Waals surface area contributed by atoms with Gasteiger partial charge < -0.3 is 9.47 Å². The van der Waals surface area contributed by atoms with Gasteiger partial charge in [-0.3, -0.25) is 0 Å². The molecule has 0 N–H and O–H groups in total. The third kappa shape index (κ3) is 8.14. The second kappa shape index (κ2) is 12.7. The largest absolute Gasteiger partial charge is 0.493 e. The zero-order chi connectivity index (χ0) is 23.3. The second-order valence-corrected chi connectivity index (χ2v) is 7.13. The summed E-state index contributed by atoms with van der Waals surface area (Å²) in [7, 11) is 0. The van der Waals surface area contributed by atoms with Crippen molar-refractivity contribution in [3.63, 3.8) is 0 Å². The highest BCUT2D eigenvalue weighted by molar-refractivity contribution is 5.81. The van der Waals surface area contributed by atoms with E-state index in [-0.39, 0.29) is 0 Å². The van der Waals surface area contributed by atoms with Gasteiger partial charge in [0.15, 0.2) is 0 Å². The number of benzene rings is 3. The average molecular weight is 443 g/mol. The fraction of sp³-hybridized carbons (Fsp3) is 0.192. The molecule has 7 heteroatoms. The molecular weight excluding hydrogens is 416 g/mol. The van der Waals surface area contributed by atoms with Crippen molar-refractivity contribution in [3.8, 4) is 5.75 Å². The monoisotopic (exact) mass is 442 g/mol. The quantitative estimate of drug-likeness (QED) is 0.132. The molecular formula is C26H26N4O3. The minimum atomic E-state index is -0.402. The van der Waals surface area contributed by atoms with Gasteiger partial charge in [-0.05, 0) is 79.9 Å². The molecule has 0 unspecified atom stereocenters. The first-order valence-electron chi connectivity index (χ1n) is 10.7. The molecule has 0 atom stereocenters. The summed E-state index contributed by atoms with van der Waals surface area (Å²) >= 11 is 0. The molecule has 0 fully saturated rings. The van der Waals surface area contributed by atoms with Gasteiger partial charge in [-0.15, -0.1) is 0 Å². The molecule has 0 amide bonds. The van der Waals surface area contributed by atoms with Crippen LogP contribution in [0.4, 0.5) is 22.7 Å². The first-order valence-corrected chi connectivity index (χ1v) is 10.7. The maximum atomic E-state index is 11.0. The molecule has 3 aromatic carbocycles. The normalized spacial score (nSPS) is 11.1. The molecule has 0 saturated heterocycles. The van der Waals surface area contributed by atoms with Gasteiger partial charge in [-0.2, -0.15) is 20.5 Å². The lowest BCUT2D eigenvalue weighted by Crippen LogP contribution is -2.04. The summed E-state index contributed by atoms with van der Waals surface area (Å²) in [6.07, 6.45) is 2.68. The Morgan fingerprint density at radius 2 is 1.33 bits per heavy atom. The van der Waals surface area contributed by atoms with Gasteiger partial charge >= 0.3 is 5.97 Å². The van der Waals surface area contributed by atoms with Crippen LogP contribution in [0.3, 0.4) is 0 Å². The first kappa shape index (κ1) is 23.5. The van der Waals surface area contributed by atoms with E-state index in [9.17, 15) is 4.79 Å². The van der Waals surface area contributed by atoms with Crippen molar-refractivity contribution >= 4 is 28.7 Å². The molecule has 0 radical (unpaired) electrons. The number of carbonyl (C=O) groups is 1. The van der Waals surface area contributed by atoms with Crippen molar-refractivity contribution in [1.29, 1.82) is 0 Å². The number of carbonyl (C=O) groups excluding carboxylic acids is 1. The molecule has 3 rings (SSSR count). The number of azo groups is 2. The fourth-order valence-corrected chi connectivity index (χ4v) is 2.79. The highest BCUT2D eigenvalue weighted by Gasteiger charge is 2.02. The summed E-state index contributed by atoms with van der Waals surface area (Å²) < 4.78 is 10.7. The summed E-state index contributed by atoms with van der Waals surface area (Å²) in [5.74, 6) is 0.395. The number of esters is 1. The van der Waals surface area contributed by atoms with Crippen LogP contribution in [0.15, 0.2) is 106 Å². The first-order chi connectivity index (χ1) is 16.1. The lowest BCUT2D eigenvalue weighted by Gasteiger charge is -2.09. The third-order valence-electron chi connectivity index (χ3n) is 4.53. The molecule has 0 aromatic heterocycles. The van der Waals surface area contributed by atoms with Gasteiger partial charge in [-0.1, -0.05) is 24.8 Å². The topological polar surface area (TPSA) is 85.0 Å². The van der Waals surface area contributed by atoms with Crippen LogP contribution < -0.4 is 4.74 Å². The predicted octanol–water partition coefficient (Wildman–Crippen LogP) is 7.71. The van der Waals surface area contributed by atoms with Gasteiger partial charge in [0.25, 0.3) is 0 Å². The summed E-state index contributed by atoms with van der Waals surface area (Å²) in [4.78, 5) is 11.0. The molecule has 168 valence electrons. The Kier molecular flexibility index (Phi) is 9.03. The van der Waals surface area contributed by atoms with Crippen LogP contribution in [0.1, 0.15) is 18.4 Å². The number of hydrogen-bond donors (Lipinski definition) is 0. The van der Waals surface area contributed by atoms with E-state index < -0.39 is 5.97 Å². The Morgan fingerprint density at radius 3 is 1.94 bits per heavy atom. The summed E-state index contributed by atoms with van der Waals surface area (Å²) in [6.45, 7) is 6.23. The lowest BCUT2D eigenvalue weighted by atomic mass is 10.2. The fourth-order valence-electron chi connectivity index (χ4n) is 2.79. The van der Waals surface area contributed by atoms with Crippen molar-refractivity contribution < 1.29 is 14.3 Å². The molecule has 0 bridgehead atoms. The van der Waals surface area contributed by atoms with Crippen LogP contribution in [0, 0.1) is 6.92 Å². The van der Waals surface area contributed by atoms with Crippen LogP contribution in [-0.4, -0.2) is 19.2 Å². The molecule has 3 aromatic rings. The Bertz CT molecular complexity index is 1110. The van der Waals surface area contributed by atoms with E-state index >= 15 is 0 Å². The van der Waals surface area contributed by atoms with Crippen LogP contribution in [-0.2, 0) is 9.53 Å². The smallest absolute Gasteiger partial charge is 0.330 e. The van der Waals surface area contributed by atoms with Gasteiger partial charge in [0.2, 0.25) is 0 Å². The number of ether oxygens (including phenoxy) is 2. The Morgan fingerprint density at radius 1 is 0.788 bits per heavy atom. The zero-order valence-corrected chi connectivity index (χ0v) is 18.6. The number of nitrogens with zero attached hydrogens (tertiary/aromatic N) is 4. The van der Waals surface area contributed by atoms with E-state index in [4.69, 9.17) is 9.47 Å². The minimum Gasteiger partial charge on any atom is -0.493 e. The Hall–Kier alpha value is -4.13. The SMILES string of the molecule is C=CC(=O)OCCCCOc1ccc(N=Nc2ccc(N=Nc3ccccc3)cc2)cc1C. The molecule has 0 aliphatic heterocycles. The Labute approximate surface area is 193 Å². The van der Waals surface area contributed by atoms with Crippen LogP contribution in [0.2, 0.25) is 0 Å². The number of hydrogen-bond acceptors (Lipinski definition) is 7. The van der Waals surface area contributed by atoms with E-state index in [2.05, 4.69) is 27.0 Å². The molecule has 0 heterocycles. The maximum absolute atomic E-state index is 11.0. The third-order valence-corrected chi connectivity index (χ3v) is 4.53. The van der Waals surface area contributed by atoms with E-state index in [1.54, 1.807) is 0 Å². The van der Waals surface area contributed by atoms with Gasteiger partial charge in [0.1, 0.15) is 5.75 Å². The summed E-state index contributed by atoms with van der Waals surface area (Å²) in [5, 5.41) is 17.0. The van der Waals surface area contributed by atoms with Gasteiger partial charge in [0, 0.05) is 6.08 Å². The van der Waals surface area contributed by atoms with Crippen molar-refractivity contribution in [2.75, 3.05) is 13.2 Å². The molecule has 0 aliphatic carbocycles. The number of rotatable bonds is 11. The van der Waals surface area contributed by atoms with Crippen LogP contribution in [0.5, 0.6) is 5.75 Å². The van der Waals surface area contributed by atoms with Crippen LogP contribution in [0.25, 0.3) is 0 Å². The molecule has 0 aliphatic rings. The average Bonchev–Trinajstić information content (AvgIpc) is 2.85. The minimum absolute atomic E-state index is 0.364. The predicted molar refractivity (Wildman–Crippen MR) is 128 cm³/mol. The number of unbranched alkanes of at least 4 members (excludes halogenated alkanes) is 1. The van der Waals surface area contributed by atoms with E-state index in [1.165, 1.54) is 0 Å². The van der Waals surface area contributed by atoms with Crippen molar-refractivity contribution in [2.24, 2.45) is 20.5 Å². The summed E-state index contributed by atoms with van der Waals surface area (Å²) in [5.41, 5.74) is 3.99. The van der Waals surface area contributed by atoms with Gasteiger partial charge in [0.05, 0.1) is 36.0 Å². The highest BCUT2D eigenvalue weighted by Crippen LogP contribution is 2.27. The van der Waals surface area contributed by atoms with Crippen molar-refractivity contribution in [1.82, 2.24) is 0 Å². The van der Waals surface area contributed by atoms with E-state index in [1.807, 2.05) is 79.7 Å². The maximum Gasteiger partial charge on any atom is 0.330 e. The molecule has 7 nitrogen and oxygen atoms in total. The Balaban J connectivity index is 1.48. The molecule has 33 heavy (non-hydrogen) atoms. The standard InChI is InChI=1S/C26H26N4O3/c1-3-26(31)33-18-8-7-17-32-25-16-15-24(19-20(25)2)30-29-23-13-11-22(12-14-23)28-27-21-9-5-4-6-10-21/h3-6,9-16,19H,1,7-8,17-18H2,2H3. The van der Waals surface area contributed by atoms with E-state index in [0.717, 1.165) is 53.0 Å². The lowest BCUT2D eigenvalue weighted by molar-refractivity contribution is -0.137. The molecule has 0 spiro atoms. The van der Waals surface area contributed by atoms with Gasteiger partial charge in [-0.25, -0.2) is 4.79 Å². The number of aryl methyl sites for hydroxylation is 1. The zero-order valence-electron chi connectivity index (χ0n) is 18.6. The molecule has 0 saturated carbocycles. The van der Waals surface area contributed by atoms with E-state index in [0.29, 0.717) is 13.2 Å². The van der Waals surface area contributed by atoms with Crippen molar-refractivity contribution in [3.05, 3.63) is 91.0 Å².